The molecule has 2 atom stereocenters. The van der Waals surface area contributed by atoms with Crippen LogP contribution < -0.4 is 21.0 Å². The third kappa shape index (κ3) is 5.85. The molecular formula is C24H23ClN4O3. The summed E-state index contributed by atoms with van der Waals surface area (Å²) < 4.78 is 5.90. The highest BCUT2D eigenvalue weighted by Gasteiger charge is 2.30. The zero-order chi connectivity index (χ0) is 22.3. The lowest BCUT2D eigenvalue weighted by Gasteiger charge is -2.12. The van der Waals surface area contributed by atoms with Crippen LogP contribution in [-0.4, -0.2) is 23.3 Å². The molecule has 1 fully saturated rings. The van der Waals surface area contributed by atoms with E-state index in [9.17, 15) is 9.90 Å². The summed E-state index contributed by atoms with van der Waals surface area (Å²) in [5.74, 6) is 0.703. The first kappa shape index (κ1) is 21.8. The molecule has 7 nitrogen and oxygen atoms in total. The first-order chi connectivity index (χ1) is 15.6. The monoisotopic (exact) mass is 450 g/mol. The highest BCUT2D eigenvalue weighted by Crippen LogP contribution is 2.26. The van der Waals surface area contributed by atoms with E-state index < -0.39 is 6.04 Å². The van der Waals surface area contributed by atoms with Gasteiger partial charge in [-0.2, -0.15) is 5.10 Å². The summed E-state index contributed by atoms with van der Waals surface area (Å²) in [6.07, 6.45) is 2.10. The van der Waals surface area contributed by atoms with Crippen molar-refractivity contribution in [3.63, 3.8) is 0 Å². The summed E-state index contributed by atoms with van der Waals surface area (Å²) in [6, 6.07) is 21.4. The largest absolute Gasteiger partial charge is 0.508 e. The number of hydrazine groups is 1. The maximum Gasteiger partial charge on any atom is 0.258 e. The van der Waals surface area contributed by atoms with Gasteiger partial charge in [-0.25, -0.2) is 16.3 Å². The Balaban J connectivity index is 1.29. The molecule has 0 saturated carbocycles. The van der Waals surface area contributed by atoms with Crippen molar-refractivity contribution >= 4 is 23.7 Å². The summed E-state index contributed by atoms with van der Waals surface area (Å²) in [5, 5.41) is 14.0. The molecule has 0 aliphatic carbocycles. The van der Waals surface area contributed by atoms with E-state index in [2.05, 4.69) is 21.4 Å². The lowest BCUT2D eigenvalue weighted by atomic mass is 10.0. The Bertz CT molecular complexity index is 1090. The van der Waals surface area contributed by atoms with E-state index in [1.165, 1.54) is 6.21 Å². The molecule has 0 bridgehead atoms. The van der Waals surface area contributed by atoms with Crippen molar-refractivity contribution in [1.29, 1.82) is 0 Å². The van der Waals surface area contributed by atoms with Gasteiger partial charge in [-0.1, -0.05) is 35.9 Å². The number of hydrogen-bond donors (Lipinski definition) is 4. The number of aromatic hydroxyl groups is 1. The number of benzene rings is 3. The molecule has 0 spiro atoms. The Morgan fingerprint density at radius 1 is 1.12 bits per heavy atom. The quantitative estimate of drug-likeness (QED) is 0.325. The summed E-state index contributed by atoms with van der Waals surface area (Å²) in [5.41, 5.74) is 11.6. The fourth-order valence-corrected chi connectivity index (χ4v) is 3.45. The maximum atomic E-state index is 12.4. The predicted octanol–water partition coefficient (Wildman–Crippen LogP) is 3.68. The van der Waals surface area contributed by atoms with E-state index in [1.807, 2.05) is 48.5 Å². The molecule has 0 aromatic heterocycles. The zero-order valence-corrected chi connectivity index (χ0v) is 17.9. The molecular weight excluding hydrogens is 428 g/mol. The van der Waals surface area contributed by atoms with Crippen LogP contribution in [0.25, 0.3) is 0 Å². The van der Waals surface area contributed by atoms with Gasteiger partial charge < -0.3 is 9.84 Å². The number of ether oxygens (including phenoxy) is 1. The van der Waals surface area contributed by atoms with Crippen molar-refractivity contribution in [2.24, 2.45) is 5.10 Å². The maximum absolute atomic E-state index is 12.4. The minimum atomic E-state index is -0.421. The van der Waals surface area contributed by atoms with Gasteiger partial charge in [0.15, 0.2) is 0 Å². The van der Waals surface area contributed by atoms with Gasteiger partial charge in [-0.05, 0) is 71.6 Å². The van der Waals surface area contributed by atoms with E-state index in [-0.39, 0.29) is 17.7 Å². The Kier molecular flexibility index (Phi) is 7.01. The zero-order valence-electron chi connectivity index (χ0n) is 17.2. The fraction of sp³-hybridized carbons (Fsp3) is 0.167. The molecule has 1 aliphatic heterocycles. The molecule has 4 N–H and O–H groups in total. The number of phenolic OH excluding ortho intramolecular Hbond substituents is 1. The number of phenols is 1. The summed E-state index contributed by atoms with van der Waals surface area (Å²) in [4.78, 5) is 12.4. The lowest BCUT2D eigenvalue weighted by molar-refractivity contribution is -0.122. The van der Waals surface area contributed by atoms with Gasteiger partial charge in [0.2, 0.25) is 0 Å². The van der Waals surface area contributed by atoms with E-state index in [0.717, 1.165) is 22.4 Å². The summed E-state index contributed by atoms with van der Waals surface area (Å²) >= 11 is 5.92. The van der Waals surface area contributed by atoms with E-state index >= 15 is 0 Å². The van der Waals surface area contributed by atoms with Crippen LogP contribution in [0.15, 0.2) is 77.9 Å². The van der Waals surface area contributed by atoms with Crippen LogP contribution in [0.1, 0.15) is 29.2 Å². The van der Waals surface area contributed by atoms with Crippen LogP contribution >= 0.6 is 11.6 Å². The number of hydrogen-bond acceptors (Lipinski definition) is 6. The summed E-state index contributed by atoms with van der Waals surface area (Å²) in [7, 11) is 0. The van der Waals surface area contributed by atoms with Gasteiger partial charge in [0.05, 0.1) is 6.21 Å². The van der Waals surface area contributed by atoms with Gasteiger partial charge in [-0.3, -0.25) is 4.79 Å². The van der Waals surface area contributed by atoms with Crippen molar-refractivity contribution in [1.82, 2.24) is 16.3 Å². The molecule has 0 radical (unpaired) electrons. The first-order valence-corrected chi connectivity index (χ1v) is 10.5. The van der Waals surface area contributed by atoms with Crippen LogP contribution in [0.2, 0.25) is 5.02 Å². The van der Waals surface area contributed by atoms with Crippen molar-refractivity contribution in [2.75, 3.05) is 0 Å². The van der Waals surface area contributed by atoms with Gasteiger partial charge in [0.1, 0.15) is 24.1 Å². The number of carbonyl (C=O) groups is 1. The van der Waals surface area contributed by atoms with E-state index in [1.54, 1.807) is 24.3 Å². The van der Waals surface area contributed by atoms with Gasteiger partial charge in [0.25, 0.3) is 5.91 Å². The predicted molar refractivity (Wildman–Crippen MR) is 123 cm³/mol. The lowest BCUT2D eigenvalue weighted by Crippen LogP contribution is -2.41. The SMILES string of the molecule is O=C(N/N=C/c1ccc(O)cc1)C1CC(c2cccc(OCc3ccc(Cl)cc3)c2)NN1. The molecule has 2 unspecified atom stereocenters. The van der Waals surface area contributed by atoms with Crippen LogP contribution in [0.4, 0.5) is 0 Å². The Hall–Kier alpha value is -3.39. The number of halogens is 1. The molecule has 3 aromatic carbocycles. The molecule has 32 heavy (non-hydrogen) atoms. The minimum Gasteiger partial charge on any atom is -0.508 e. The van der Waals surface area contributed by atoms with Crippen LogP contribution in [-0.2, 0) is 11.4 Å². The highest BCUT2D eigenvalue weighted by atomic mass is 35.5. The molecule has 8 heteroatoms. The average molecular weight is 451 g/mol. The van der Waals surface area contributed by atoms with E-state index in [4.69, 9.17) is 16.3 Å². The molecule has 164 valence electrons. The molecule has 1 heterocycles. The van der Waals surface area contributed by atoms with Gasteiger partial charge >= 0.3 is 0 Å². The highest BCUT2D eigenvalue weighted by molar-refractivity contribution is 6.30. The number of amides is 1. The number of carbonyl (C=O) groups excluding carboxylic acids is 1. The Labute approximate surface area is 191 Å². The second-order valence-corrected chi connectivity index (χ2v) is 7.88. The molecule has 3 aromatic rings. The third-order valence-electron chi connectivity index (χ3n) is 5.08. The summed E-state index contributed by atoms with van der Waals surface area (Å²) in [6.45, 7) is 0.445. The number of rotatable bonds is 7. The first-order valence-electron chi connectivity index (χ1n) is 10.2. The Morgan fingerprint density at radius 3 is 2.69 bits per heavy atom. The number of nitrogens with zero attached hydrogens (tertiary/aromatic N) is 1. The number of hydrazone groups is 1. The molecule has 4 rings (SSSR count). The van der Waals surface area contributed by atoms with Crippen molar-refractivity contribution in [3.05, 3.63) is 94.5 Å². The van der Waals surface area contributed by atoms with E-state index in [0.29, 0.717) is 18.1 Å². The number of nitrogens with one attached hydrogen (secondary N) is 3. The Morgan fingerprint density at radius 2 is 1.91 bits per heavy atom. The standard InChI is InChI=1S/C24H23ClN4O3/c25-19-8-4-17(5-9-19)15-32-21-3-1-2-18(12-21)22-13-23(28-27-22)24(31)29-26-14-16-6-10-20(30)11-7-16/h1-12,14,22-23,27-28,30H,13,15H2,(H,29,31)/b26-14+. The molecule has 1 saturated heterocycles. The minimum absolute atomic E-state index is 0.0362. The molecule has 1 amide bonds. The second-order valence-electron chi connectivity index (χ2n) is 7.44. The average Bonchev–Trinajstić information content (AvgIpc) is 3.31. The van der Waals surface area contributed by atoms with Crippen LogP contribution in [0, 0.1) is 0 Å². The second kappa shape index (κ2) is 10.3. The van der Waals surface area contributed by atoms with Gasteiger partial charge in [-0.15, -0.1) is 0 Å². The van der Waals surface area contributed by atoms with Crippen molar-refractivity contribution in [2.45, 2.75) is 25.1 Å². The normalized spacial score (nSPS) is 18.0. The fourth-order valence-electron chi connectivity index (χ4n) is 3.32. The van der Waals surface area contributed by atoms with Crippen LogP contribution in [0.5, 0.6) is 11.5 Å². The van der Waals surface area contributed by atoms with Gasteiger partial charge in [0, 0.05) is 11.1 Å². The topological polar surface area (TPSA) is 95.0 Å². The molecule has 1 aliphatic rings. The van der Waals surface area contributed by atoms with Crippen molar-refractivity contribution in [3.8, 4) is 11.5 Å². The van der Waals surface area contributed by atoms with Crippen LogP contribution in [0.3, 0.4) is 0 Å². The smallest absolute Gasteiger partial charge is 0.258 e. The third-order valence-corrected chi connectivity index (χ3v) is 5.33. The van der Waals surface area contributed by atoms with Crippen molar-refractivity contribution < 1.29 is 14.6 Å².